The predicted octanol–water partition coefficient (Wildman–Crippen LogP) is 2.28. The average Bonchev–Trinajstić information content (AvgIpc) is 2.69. The van der Waals surface area contributed by atoms with Crippen molar-refractivity contribution in [2.75, 3.05) is 44.2 Å². The summed E-state index contributed by atoms with van der Waals surface area (Å²) in [6, 6.07) is 8.92. The van der Waals surface area contributed by atoms with Crippen molar-refractivity contribution in [3.8, 4) is 0 Å². The van der Waals surface area contributed by atoms with Crippen LogP contribution in [0.4, 0.5) is 5.95 Å². The van der Waals surface area contributed by atoms with Gasteiger partial charge in [-0.05, 0) is 44.9 Å². The molecule has 0 aliphatic carbocycles. The Bertz CT molecular complexity index is 713. The molecule has 0 N–H and O–H groups in total. The first-order chi connectivity index (χ1) is 13.2. The molecule has 4 heterocycles. The van der Waals surface area contributed by atoms with Gasteiger partial charge in [0.2, 0.25) is 5.95 Å². The summed E-state index contributed by atoms with van der Waals surface area (Å²) < 4.78 is 0. The lowest BCUT2D eigenvalue weighted by Crippen LogP contribution is -2.53. The average molecular weight is 367 g/mol. The molecule has 0 aromatic carbocycles. The SMILES string of the molecule is Cc1cc(C)nc(N2CCC(N3CCN(Cc4ccccn4)CC3)CC2)n1. The van der Waals surface area contributed by atoms with Crippen LogP contribution in [0, 0.1) is 13.8 Å². The molecule has 6 heteroatoms. The van der Waals surface area contributed by atoms with Gasteiger partial charge in [-0.3, -0.25) is 14.8 Å². The van der Waals surface area contributed by atoms with Crippen LogP contribution in [0.15, 0.2) is 30.5 Å². The van der Waals surface area contributed by atoms with Gasteiger partial charge in [-0.2, -0.15) is 0 Å². The Morgan fingerprint density at radius 1 is 0.926 bits per heavy atom. The molecule has 0 bridgehead atoms. The fourth-order valence-electron chi connectivity index (χ4n) is 4.29. The summed E-state index contributed by atoms with van der Waals surface area (Å²) in [5, 5.41) is 0. The lowest BCUT2D eigenvalue weighted by molar-refractivity contribution is 0.0804. The second-order valence-corrected chi connectivity index (χ2v) is 7.80. The lowest BCUT2D eigenvalue weighted by atomic mass is 10.0. The van der Waals surface area contributed by atoms with Gasteiger partial charge in [0.05, 0.1) is 5.69 Å². The maximum absolute atomic E-state index is 4.63. The number of nitrogens with zero attached hydrogens (tertiary/aromatic N) is 6. The normalized spacial score (nSPS) is 20.1. The van der Waals surface area contributed by atoms with Gasteiger partial charge in [0.15, 0.2) is 0 Å². The molecule has 27 heavy (non-hydrogen) atoms. The van der Waals surface area contributed by atoms with Gasteiger partial charge in [0.1, 0.15) is 0 Å². The van der Waals surface area contributed by atoms with E-state index in [1.165, 1.54) is 18.5 Å². The lowest BCUT2D eigenvalue weighted by Gasteiger charge is -2.42. The van der Waals surface area contributed by atoms with Crippen LogP contribution >= 0.6 is 0 Å². The number of pyridine rings is 1. The minimum Gasteiger partial charge on any atom is -0.341 e. The van der Waals surface area contributed by atoms with Crippen LogP contribution in [0.3, 0.4) is 0 Å². The first-order valence-electron chi connectivity index (χ1n) is 10.1. The van der Waals surface area contributed by atoms with Crippen molar-refractivity contribution < 1.29 is 0 Å². The number of hydrogen-bond donors (Lipinski definition) is 0. The molecule has 2 saturated heterocycles. The molecule has 0 unspecified atom stereocenters. The summed E-state index contributed by atoms with van der Waals surface area (Å²) in [7, 11) is 0. The van der Waals surface area contributed by atoms with Gasteiger partial charge in [0.25, 0.3) is 0 Å². The van der Waals surface area contributed by atoms with Crippen LogP contribution in [0.25, 0.3) is 0 Å². The van der Waals surface area contributed by atoms with Gasteiger partial charge in [-0.15, -0.1) is 0 Å². The number of piperazine rings is 1. The molecule has 2 fully saturated rings. The third-order valence-corrected chi connectivity index (χ3v) is 5.75. The number of aryl methyl sites for hydroxylation is 2. The second-order valence-electron chi connectivity index (χ2n) is 7.80. The molecule has 2 aliphatic rings. The first kappa shape index (κ1) is 18.3. The molecule has 0 spiro atoms. The standard InChI is InChI=1S/C21H30N6/c1-17-15-18(2)24-21(23-17)27-9-6-20(7-10-27)26-13-11-25(12-14-26)16-19-5-3-4-8-22-19/h3-5,8,15,20H,6-7,9-14,16H2,1-2H3. The highest BCUT2D eigenvalue weighted by Crippen LogP contribution is 2.22. The van der Waals surface area contributed by atoms with E-state index in [0.717, 1.165) is 63.1 Å². The highest BCUT2D eigenvalue weighted by atomic mass is 15.3. The maximum Gasteiger partial charge on any atom is 0.225 e. The Labute approximate surface area is 162 Å². The van der Waals surface area contributed by atoms with E-state index < -0.39 is 0 Å². The Balaban J connectivity index is 1.26. The summed E-state index contributed by atoms with van der Waals surface area (Å²) in [4.78, 5) is 21.3. The van der Waals surface area contributed by atoms with Crippen molar-refractivity contribution >= 4 is 5.95 Å². The third kappa shape index (κ3) is 4.62. The quantitative estimate of drug-likeness (QED) is 0.827. The Kier molecular flexibility index (Phi) is 5.64. The van der Waals surface area contributed by atoms with Gasteiger partial charge in [-0.1, -0.05) is 6.07 Å². The fourth-order valence-corrected chi connectivity index (χ4v) is 4.29. The topological polar surface area (TPSA) is 48.4 Å². The van der Waals surface area contributed by atoms with Gasteiger partial charge >= 0.3 is 0 Å². The molecular formula is C21H30N6. The zero-order valence-electron chi connectivity index (χ0n) is 16.5. The summed E-state index contributed by atoms with van der Waals surface area (Å²) in [6.45, 7) is 11.8. The summed E-state index contributed by atoms with van der Waals surface area (Å²) in [6.07, 6.45) is 4.30. The Morgan fingerprint density at radius 2 is 1.63 bits per heavy atom. The molecule has 0 radical (unpaired) electrons. The van der Waals surface area contributed by atoms with Crippen LogP contribution in [0.5, 0.6) is 0 Å². The number of anilines is 1. The van der Waals surface area contributed by atoms with Crippen LogP contribution in [0.2, 0.25) is 0 Å². The van der Waals surface area contributed by atoms with E-state index in [0.29, 0.717) is 6.04 Å². The van der Waals surface area contributed by atoms with Crippen molar-refractivity contribution in [2.45, 2.75) is 39.3 Å². The smallest absolute Gasteiger partial charge is 0.225 e. The zero-order valence-corrected chi connectivity index (χ0v) is 16.5. The number of aromatic nitrogens is 3. The molecular weight excluding hydrogens is 336 g/mol. The van der Waals surface area contributed by atoms with E-state index in [4.69, 9.17) is 0 Å². The van der Waals surface area contributed by atoms with Crippen molar-refractivity contribution in [3.63, 3.8) is 0 Å². The van der Waals surface area contributed by atoms with E-state index in [1.807, 2.05) is 18.3 Å². The highest BCUT2D eigenvalue weighted by molar-refractivity contribution is 5.32. The molecule has 0 saturated carbocycles. The van der Waals surface area contributed by atoms with E-state index in [-0.39, 0.29) is 0 Å². The van der Waals surface area contributed by atoms with Crippen molar-refractivity contribution in [1.29, 1.82) is 0 Å². The predicted molar refractivity (Wildman–Crippen MR) is 108 cm³/mol. The summed E-state index contributed by atoms with van der Waals surface area (Å²) in [5.41, 5.74) is 3.29. The van der Waals surface area contributed by atoms with Crippen LogP contribution in [-0.4, -0.2) is 70.1 Å². The van der Waals surface area contributed by atoms with Crippen molar-refractivity contribution in [3.05, 3.63) is 47.5 Å². The van der Waals surface area contributed by atoms with Crippen molar-refractivity contribution in [1.82, 2.24) is 24.8 Å². The van der Waals surface area contributed by atoms with E-state index in [1.54, 1.807) is 0 Å². The minimum absolute atomic E-state index is 0.698. The van der Waals surface area contributed by atoms with Gasteiger partial charge in [0, 0.05) is 69.4 Å². The summed E-state index contributed by atoms with van der Waals surface area (Å²) >= 11 is 0. The largest absolute Gasteiger partial charge is 0.341 e. The molecule has 2 aromatic heterocycles. The Morgan fingerprint density at radius 3 is 2.26 bits per heavy atom. The van der Waals surface area contributed by atoms with Crippen LogP contribution in [0.1, 0.15) is 29.9 Å². The van der Waals surface area contributed by atoms with E-state index >= 15 is 0 Å². The van der Waals surface area contributed by atoms with Crippen molar-refractivity contribution in [2.24, 2.45) is 0 Å². The molecule has 2 aliphatic heterocycles. The molecule has 6 nitrogen and oxygen atoms in total. The van der Waals surface area contributed by atoms with Crippen LogP contribution in [-0.2, 0) is 6.54 Å². The molecule has 2 aromatic rings. The Hall–Kier alpha value is -2.05. The van der Waals surface area contributed by atoms with Gasteiger partial charge < -0.3 is 4.90 Å². The number of hydrogen-bond acceptors (Lipinski definition) is 6. The molecule has 0 atom stereocenters. The zero-order chi connectivity index (χ0) is 18.6. The fraction of sp³-hybridized carbons (Fsp3) is 0.571. The molecule has 0 amide bonds. The highest BCUT2D eigenvalue weighted by Gasteiger charge is 2.28. The van der Waals surface area contributed by atoms with Gasteiger partial charge in [-0.25, -0.2) is 9.97 Å². The third-order valence-electron chi connectivity index (χ3n) is 5.75. The monoisotopic (exact) mass is 366 g/mol. The second kappa shape index (κ2) is 8.31. The minimum atomic E-state index is 0.698. The van der Waals surface area contributed by atoms with E-state index in [2.05, 4.69) is 55.6 Å². The van der Waals surface area contributed by atoms with E-state index in [9.17, 15) is 0 Å². The summed E-state index contributed by atoms with van der Waals surface area (Å²) in [5.74, 6) is 0.908. The number of piperidine rings is 1. The molecule has 144 valence electrons. The first-order valence-corrected chi connectivity index (χ1v) is 10.1. The maximum atomic E-state index is 4.63. The van der Waals surface area contributed by atoms with Crippen LogP contribution < -0.4 is 4.90 Å². The molecule has 4 rings (SSSR count). The number of rotatable bonds is 4.